The lowest BCUT2D eigenvalue weighted by molar-refractivity contribution is -0.142. The van der Waals surface area contributed by atoms with Crippen molar-refractivity contribution in [3.05, 3.63) is 90.3 Å². The Hall–Kier alpha value is -5.96. The normalized spacial score (nSPS) is 13.8. The molecule has 0 bridgehead atoms. The van der Waals surface area contributed by atoms with E-state index in [-0.39, 0.29) is 19.3 Å². The van der Waals surface area contributed by atoms with Crippen LogP contribution >= 0.6 is 0 Å². The van der Waals surface area contributed by atoms with Crippen molar-refractivity contribution in [2.75, 3.05) is 0 Å². The van der Waals surface area contributed by atoms with E-state index in [4.69, 9.17) is 11.5 Å². The molecule has 0 saturated heterocycles. The van der Waals surface area contributed by atoms with E-state index in [2.05, 4.69) is 35.9 Å². The number of H-pyrrole nitrogens is 3. The largest absolute Gasteiger partial charge is 0.480 e. The van der Waals surface area contributed by atoms with E-state index in [0.717, 1.165) is 21.8 Å². The average molecular weight is 642 g/mol. The summed E-state index contributed by atoms with van der Waals surface area (Å²) in [4.78, 5) is 77.4. The maximum absolute atomic E-state index is 13.8. The van der Waals surface area contributed by atoms with Gasteiger partial charge >= 0.3 is 5.97 Å². The number of hydrogen-bond donors (Lipinski definition) is 9. The van der Waals surface area contributed by atoms with Crippen molar-refractivity contribution in [1.82, 2.24) is 35.9 Å². The summed E-state index contributed by atoms with van der Waals surface area (Å²) >= 11 is 0. The van der Waals surface area contributed by atoms with Crippen LogP contribution in [0.5, 0.6) is 0 Å². The van der Waals surface area contributed by atoms with Gasteiger partial charge in [-0.3, -0.25) is 19.2 Å². The van der Waals surface area contributed by atoms with Crippen molar-refractivity contribution >= 4 is 51.4 Å². The molecule has 15 heteroatoms. The number of carbonyl (C=O) groups excluding carboxylic acids is 4. The molecule has 11 N–H and O–H groups in total. The van der Waals surface area contributed by atoms with Gasteiger partial charge in [0.2, 0.25) is 23.6 Å². The number of benzene rings is 2. The predicted octanol–water partition coefficient (Wildman–Crippen LogP) is 0.142. The second-order valence-corrected chi connectivity index (χ2v) is 11.2. The van der Waals surface area contributed by atoms with E-state index in [1.807, 2.05) is 48.5 Å². The van der Waals surface area contributed by atoms with Crippen LogP contribution in [-0.2, 0) is 43.2 Å². The predicted molar refractivity (Wildman–Crippen MR) is 172 cm³/mol. The SMILES string of the molecule is NC(=O)CC(NC(=O)C(N)Cc1cnc[nH]1)C(=O)NC(Cc1c[nH]c2ccccc12)C(=O)NC(Cc1c[nH]c2ccccc12)C(=O)O. The first-order valence-electron chi connectivity index (χ1n) is 14.8. The third kappa shape index (κ3) is 8.01. The number of nitrogens with zero attached hydrogens (tertiary/aromatic N) is 1. The van der Waals surface area contributed by atoms with Crippen LogP contribution in [0.4, 0.5) is 0 Å². The van der Waals surface area contributed by atoms with Gasteiger partial charge in [-0.2, -0.15) is 0 Å². The summed E-state index contributed by atoms with van der Waals surface area (Å²) < 4.78 is 0. The van der Waals surface area contributed by atoms with Crippen molar-refractivity contribution in [1.29, 1.82) is 0 Å². The molecule has 4 unspecified atom stereocenters. The number of rotatable bonds is 15. The number of nitrogens with one attached hydrogen (secondary N) is 6. The Morgan fingerprint density at radius 2 is 1.26 bits per heavy atom. The monoisotopic (exact) mass is 641 g/mol. The minimum Gasteiger partial charge on any atom is -0.480 e. The highest BCUT2D eigenvalue weighted by atomic mass is 16.4. The molecule has 0 radical (unpaired) electrons. The summed E-state index contributed by atoms with van der Waals surface area (Å²) in [5, 5.41) is 19.3. The molecular formula is C32H35N9O6. The third-order valence-corrected chi connectivity index (χ3v) is 7.82. The highest BCUT2D eigenvalue weighted by Crippen LogP contribution is 2.21. The molecule has 0 saturated carbocycles. The molecule has 0 aliphatic carbocycles. The van der Waals surface area contributed by atoms with Gasteiger partial charge in [-0.25, -0.2) is 9.78 Å². The smallest absolute Gasteiger partial charge is 0.326 e. The van der Waals surface area contributed by atoms with Crippen LogP contribution in [-0.4, -0.2) is 78.8 Å². The van der Waals surface area contributed by atoms with Crippen LogP contribution in [0.3, 0.4) is 0 Å². The Balaban J connectivity index is 1.37. The summed E-state index contributed by atoms with van der Waals surface area (Å²) in [5.41, 5.74) is 15.0. The van der Waals surface area contributed by atoms with Gasteiger partial charge in [0.1, 0.15) is 18.1 Å². The fraction of sp³-hybridized carbons (Fsp3) is 0.250. The van der Waals surface area contributed by atoms with Crippen molar-refractivity contribution in [3.8, 4) is 0 Å². The van der Waals surface area contributed by atoms with Gasteiger partial charge in [-0.05, 0) is 23.3 Å². The molecule has 3 heterocycles. The molecule has 2 aromatic carbocycles. The Labute approximate surface area is 267 Å². The van der Waals surface area contributed by atoms with Crippen LogP contribution in [0, 0.1) is 0 Å². The first kappa shape index (κ1) is 32.4. The van der Waals surface area contributed by atoms with Crippen molar-refractivity contribution in [2.24, 2.45) is 11.5 Å². The molecule has 47 heavy (non-hydrogen) atoms. The van der Waals surface area contributed by atoms with E-state index in [0.29, 0.717) is 16.8 Å². The maximum Gasteiger partial charge on any atom is 0.326 e. The lowest BCUT2D eigenvalue weighted by atomic mass is 10.0. The van der Waals surface area contributed by atoms with Crippen LogP contribution in [0.1, 0.15) is 23.2 Å². The number of amides is 4. The zero-order valence-electron chi connectivity index (χ0n) is 25.2. The molecule has 5 rings (SSSR count). The Bertz CT molecular complexity index is 1900. The lowest BCUT2D eigenvalue weighted by Crippen LogP contribution is -2.58. The number of aromatic nitrogens is 4. The first-order chi connectivity index (χ1) is 22.6. The second kappa shape index (κ2) is 14.4. The molecule has 5 aromatic rings. The topological polar surface area (TPSA) is 254 Å². The van der Waals surface area contributed by atoms with Crippen LogP contribution in [0.2, 0.25) is 0 Å². The summed E-state index contributed by atoms with van der Waals surface area (Å²) in [6.07, 6.45) is 5.73. The molecular weight excluding hydrogens is 606 g/mol. The fourth-order valence-electron chi connectivity index (χ4n) is 5.41. The Morgan fingerprint density at radius 1 is 0.723 bits per heavy atom. The number of primary amides is 1. The van der Waals surface area contributed by atoms with Gasteiger partial charge in [0, 0.05) is 65.4 Å². The average Bonchev–Trinajstić information content (AvgIpc) is 3.80. The zero-order valence-corrected chi connectivity index (χ0v) is 25.2. The quantitative estimate of drug-likeness (QED) is 0.0758. The maximum atomic E-state index is 13.8. The molecule has 4 atom stereocenters. The van der Waals surface area contributed by atoms with Gasteiger partial charge < -0.3 is 47.5 Å². The van der Waals surface area contributed by atoms with Crippen molar-refractivity contribution in [3.63, 3.8) is 0 Å². The highest BCUT2D eigenvalue weighted by molar-refractivity contribution is 5.97. The number of carboxylic acids is 1. The van der Waals surface area contributed by atoms with Crippen LogP contribution in [0.25, 0.3) is 21.8 Å². The number of fused-ring (bicyclic) bond motifs is 2. The van der Waals surface area contributed by atoms with Gasteiger partial charge in [-0.15, -0.1) is 0 Å². The Kier molecular flexibility index (Phi) is 9.96. The second-order valence-electron chi connectivity index (χ2n) is 11.2. The molecule has 244 valence electrons. The van der Waals surface area contributed by atoms with E-state index < -0.39 is 60.2 Å². The molecule has 3 aromatic heterocycles. The Morgan fingerprint density at radius 3 is 1.81 bits per heavy atom. The van der Waals surface area contributed by atoms with E-state index >= 15 is 0 Å². The molecule has 0 aliphatic heterocycles. The van der Waals surface area contributed by atoms with Crippen LogP contribution < -0.4 is 27.4 Å². The van der Waals surface area contributed by atoms with Crippen molar-refractivity contribution < 1.29 is 29.1 Å². The zero-order chi connectivity index (χ0) is 33.5. The standard InChI is InChI=1S/C32H35N9O6/c33-22(11-19-15-35-16-38-19)29(43)39-26(12-28(34)42)31(45)40-25(9-17-13-36-23-7-3-1-5-20(17)23)30(44)41-27(32(46)47)10-18-14-37-24-8-4-2-6-21(18)24/h1-8,13-16,22,25-27,36-37H,9-12,33H2,(H2,34,42)(H,35,38)(H,39,43)(H,40,45)(H,41,44)(H,46,47). The molecule has 0 fully saturated rings. The number of aliphatic carboxylic acids is 1. The number of hydrogen-bond acceptors (Lipinski definition) is 7. The molecule has 4 amide bonds. The summed E-state index contributed by atoms with van der Waals surface area (Å²) in [5.74, 6) is -4.55. The van der Waals surface area contributed by atoms with E-state index in [1.54, 1.807) is 12.4 Å². The third-order valence-electron chi connectivity index (χ3n) is 7.82. The number of para-hydroxylation sites is 2. The fourth-order valence-corrected chi connectivity index (χ4v) is 5.41. The lowest BCUT2D eigenvalue weighted by Gasteiger charge is -2.25. The number of nitrogens with two attached hydrogens (primary N) is 2. The van der Waals surface area contributed by atoms with E-state index in [9.17, 15) is 29.1 Å². The number of imidazole rings is 1. The van der Waals surface area contributed by atoms with Crippen molar-refractivity contribution in [2.45, 2.75) is 49.9 Å². The van der Waals surface area contributed by atoms with E-state index in [1.165, 1.54) is 12.5 Å². The first-order valence-corrected chi connectivity index (χ1v) is 14.8. The van der Waals surface area contributed by atoms with Gasteiger partial charge in [-0.1, -0.05) is 36.4 Å². The van der Waals surface area contributed by atoms with Gasteiger partial charge in [0.15, 0.2) is 0 Å². The molecule has 15 nitrogen and oxygen atoms in total. The van der Waals surface area contributed by atoms with Crippen LogP contribution in [0.15, 0.2) is 73.4 Å². The van der Waals surface area contributed by atoms with Gasteiger partial charge in [0.25, 0.3) is 0 Å². The summed E-state index contributed by atoms with van der Waals surface area (Å²) in [6.45, 7) is 0. The molecule has 0 aliphatic rings. The highest BCUT2D eigenvalue weighted by Gasteiger charge is 2.32. The summed E-state index contributed by atoms with van der Waals surface area (Å²) in [7, 11) is 0. The number of carboxylic acid groups (broad SMARTS) is 1. The minimum absolute atomic E-state index is 0.0343. The number of carbonyl (C=O) groups is 5. The summed E-state index contributed by atoms with van der Waals surface area (Å²) in [6, 6.07) is 9.50. The van der Waals surface area contributed by atoms with Gasteiger partial charge in [0.05, 0.1) is 18.8 Å². The minimum atomic E-state index is -1.47. The number of aromatic amines is 3. The molecule has 0 spiro atoms.